The molecular formula is C28H39N5O5. The first-order valence-corrected chi connectivity index (χ1v) is 12.7. The summed E-state index contributed by atoms with van der Waals surface area (Å²) in [4.78, 5) is 43.7. The number of rotatable bonds is 9. The largest absolute Gasteiger partial charge is 0.497 e. The fraction of sp³-hybridized carbons (Fsp3) is 0.464. The molecule has 3 rings (SSSR count). The summed E-state index contributed by atoms with van der Waals surface area (Å²) < 4.78 is 10.3. The zero-order chi connectivity index (χ0) is 27.7. The van der Waals surface area contributed by atoms with E-state index >= 15 is 0 Å². The lowest BCUT2D eigenvalue weighted by Crippen LogP contribution is -2.55. The molecule has 0 saturated carbocycles. The van der Waals surface area contributed by atoms with Crippen LogP contribution in [0.15, 0.2) is 48.5 Å². The molecule has 1 saturated heterocycles. The van der Waals surface area contributed by atoms with Gasteiger partial charge in [0, 0.05) is 62.3 Å². The third-order valence-electron chi connectivity index (χ3n) is 6.09. The molecule has 2 aromatic carbocycles. The molecule has 4 amide bonds. The van der Waals surface area contributed by atoms with Gasteiger partial charge in [0.2, 0.25) is 5.91 Å². The van der Waals surface area contributed by atoms with Crippen LogP contribution >= 0.6 is 0 Å². The van der Waals surface area contributed by atoms with E-state index in [9.17, 15) is 14.4 Å². The van der Waals surface area contributed by atoms with Crippen molar-refractivity contribution < 1.29 is 23.9 Å². The molecule has 1 fully saturated rings. The summed E-state index contributed by atoms with van der Waals surface area (Å²) in [5.74, 6) is 0.0961. The number of carbonyl (C=O) groups is 3. The van der Waals surface area contributed by atoms with Crippen molar-refractivity contribution in [1.82, 2.24) is 15.1 Å². The highest BCUT2D eigenvalue weighted by Crippen LogP contribution is 2.20. The fourth-order valence-electron chi connectivity index (χ4n) is 4.07. The van der Waals surface area contributed by atoms with Crippen LogP contribution in [0.1, 0.15) is 31.1 Å². The summed E-state index contributed by atoms with van der Waals surface area (Å²) in [5, 5.41) is 5.88. The molecule has 2 aromatic rings. The van der Waals surface area contributed by atoms with Gasteiger partial charge < -0.3 is 34.8 Å². The third-order valence-corrected chi connectivity index (χ3v) is 6.09. The molecule has 0 spiro atoms. The van der Waals surface area contributed by atoms with Crippen LogP contribution in [0.5, 0.6) is 5.75 Å². The predicted octanol–water partition coefficient (Wildman–Crippen LogP) is 3.05. The molecule has 0 atom stereocenters. The topological polar surface area (TPSA) is 103 Å². The minimum atomic E-state index is -0.297. The minimum Gasteiger partial charge on any atom is -0.497 e. The molecular weight excluding hydrogens is 486 g/mol. The Kier molecular flexibility index (Phi) is 9.95. The second-order valence-electron chi connectivity index (χ2n) is 10.2. The Morgan fingerprint density at radius 3 is 2.11 bits per heavy atom. The van der Waals surface area contributed by atoms with E-state index in [2.05, 4.69) is 15.5 Å². The van der Waals surface area contributed by atoms with Gasteiger partial charge in [0.05, 0.1) is 13.7 Å². The van der Waals surface area contributed by atoms with E-state index in [-0.39, 0.29) is 36.5 Å². The van der Waals surface area contributed by atoms with Crippen molar-refractivity contribution in [2.24, 2.45) is 0 Å². The van der Waals surface area contributed by atoms with Gasteiger partial charge in [-0.15, -0.1) is 0 Å². The molecule has 10 nitrogen and oxygen atoms in total. The van der Waals surface area contributed by atoms with E-state index in [1.54, 1.807) is 38.5 Å². The van der Waals surface area contributed by atoms with Gasteiger partial charge in [-0.25, -0.2) is 4.79 Å². The fourth-order valence-corrected chi connectivity index (χ4v) is 4.07. The summed E-state index contributed by atoms with van der Waals surface area (Å²) in [6.45, 7) is 9.14. The quantitative estimate of drug-likeness (QED) is 0.522. The van der Waals surface area contributed by atoms with E-state index in [0.29, 0.717) is 36.7 Å². The summed E-state index contributed by atoms with van der Waals surface area (Å²) in [6, 6.07) is 14.3. The van der Waals surface area contributed by atoms with Crippen molar-refractivity contribution in [3.8, 4) is 5.75 Å². The molecule has 10 heteroatoms. The van der Waals surface area contributed by atoms with Crippen LogP contribution in [0.3, 0.4) is 0 Å². The first-order valence-electron chi connectivity index (χ1n) is 12.7. The molecule has 1 aliphatic rings. The maximum Gasteiger partial charge on any atom is 0.317 e. The number of hydrogen-bond acceptors (Lipinski definition) is 6. The van der Waals surface area contributed by atoms with E-state index in [0.717, 1.165) is 18.8 Å². The maximum absolute atomic E-state index is 13.0. The van der Waals surface area contributed by atoms with Crippen LogP contribution in [-0.4, -0.2) is 93.3 Å². The van der Waals surface area contributed by atoms with Crippen molar-refractivity contribution in [1.29, 1.82) is 0 Å². The van der Waals surface area contributed by atoms with Gasteiger partial charge in [0.25, 0.3) is 5.91 Å². The first-order chi connectivity index (χ1) is 18.1. The molecule has 0 aliphatic carbocycles. The molecule has 0 aromatic heterocycles. The lowest BCUT2D eigenvalue weighted by Gasteiger charge is -2.37. The monoisotopic (exact) mass is 525 g/mol. The molecule has 0 radical (unpaired) electrons. The minimum absolute atomic E-state index is 0.0415. The van der Waals surface area contributed by atoms with Crippen LogP contribution in [0.4, 0.5) is 16.2 Å². The normalized spacial score (nSPS) is 13.6. The number of benzene rings is 2. The first kappa shape index (κ1) is 28.8. The highest BCUT2D eigenvalue weighted by Gasteiger charge is 2.24. The highest BCUT2D eigenvalue weighted by molar-refractivity contribution is 5.99. The maximum atomic E-state index is 13.0. The van der Waals surface area contributed by atoms with Crippen molar-refractivity contribution >= 4 is 29.2 Å². The van der Waals surface area contributed by atoms with Crippen molar-refractivity contribution in [3.63, 3.8) is 0 Å². The highest BCUT2D eigenvalue weighted by atomic mass is 16.5. The number of nitrogens with zero attached hydrogens (tertiary/aromatic N) is 3. The average Bonchev–Trinajstić information content (AvgIpc) is 2.90. The van der Waals surface area contributed by atoms with Gasteiger partial charge in [-0.2, -0.15) is 0 Å². The molecule has 1 heterocycles. The number of methoxy groups -OCH3 is 2. The number of carbonyl (C=O) groups excluding carboxylic acids is 3. The third kappa shape index (κ3) is 8.37. The van der Waals surface area contributed by atoms with E-state index < -0.39 is 0 Å². The average molecular weight is 526 g/mol. The Balaban J connectivity index is 1.54. The number of amides is 4. The Labute approximate surface area is 224 Å². The number of urea groups is 1. The smallest absolute Gasteiger partial charge is 0.317 e. The van der Waals surface area contributed by atoms with Gasteiger partial charge in [0.1, 0.15) is 12.3 Å². The van der Waals surface area contributed by atoms with Crippen molar-refractivity contribution in [3.05, 3.63) is 54.1 Å². The van der Waals surface area contributed by atoms with Gasteiger partial charge in [-0.05, 0) is 69.3 Å². The Morgan fingerprint density at radius 2 is 1.55 bits per heavy atom. The Bertz CT molecular complexity index is 1070. The Hall–Kier alpha value is -3.79. The molecule has 0 bridgehead atoms. The zero-order valence-electron chi connectivity index (χ0n) is 23.0. The number of nitrogens with one attached hydrogen (secondary N) is 2. The second kappa shape index (κ2) is 13.1. The number of anilines is 2. The summed E-state index contributed by atoms with van der Waals surface area (Å²) in [5.41, 5.74) is 1.87. The number of piperazine rings is 1. The van der Waals surface area contributed by atoms with Gasteiger partial charge in [-0.1, -0.05) is 0 Å². The van der Waals surface area contributed by atoms with Crippen molar-refractivity contribution in [2.75, 3.05) is 70.3 Å². The van der Waals surface area contributed by atoms with Gasteiger partial charge in [0.15, 0.2) is 0 Å². The van der Waals surface area contributed by atoms with Gasteiger partial charge >= 0.3 is 6.03 Å². The van der Waals surface area contributed by atoms with E-state index in [1.807, 2.05) is 49.9 Å². The molecule has 2 N–H and O–H groups in total. The van der Waals surface area contributed by atoms with E-state index in [4.69, 9.17) is 9.47 Å². The predicted molar refractivity (Wildman–Crippen MR) is 148 cm³/mol. The molecule has 1 aliphatic heterocycles. The van der Waals surface area contributed by atoms with Crippen molar-refractivity contribution in [2.45, 2.75) is 26.3 Å². The summed E-state index contributed by atoms with van der Waals surface area (Å²) >= 11 is 0. The van der Waals surface area contributed by atoms with Crippen LogP contribution in [0, 0.1) is 0 Å². The van der Waals surface area contributed by atoms with Crippen LogP contribution in [0.25, 0.3) is 0 Å². The summed E-state index contributed by atoms with van der Waals surface area (Å²) in [6.07, 6.45) is 0. The number of hydrogen-bond donors (Lipinski definition) is 2. The zero-order valence-corrected chi connectivity index (χ0v) is 23.0. The lowest BCUT2D eigenvalue weighted by molar-refractivity contribution is -0.117. The second-order valence-corrected chi connectivity index (χ2v) is 10.2. The lowest BCUT2D eigenvalue weighted by atomic mass is 10.1. The van der Waals surface area contributed by atoms with E-state index in [1.165, 1.54) is 4.90 Å². The molecule has 206 valence electrons. The number of ether oxygens (including phenoxy) is 2. The summed E-state index contributed by atoms with van der Waals surface area (Å²) in [7, 11) is 3.12. The SMILES string of the molecule is COCCN(CC(=O)Nc1ccc(N2CCN(C(=O)NC(C)(C)C)CC2)cc1)C(=O)c1ccc(OC)cc1. The molecule has 38 heavy (non-hydrogen) atoms. The van der Waals surface area contributed by atoms with Crippen LogP contribution in [-0.2, 0) is 9.53 Å². The molecule has 0 unspecified atom stereocenters. The van der Waals surface area contributed by atoms with Crippen LogP contribution in [0.2, 0.25) is 0 Å². The van der Waals surface area contributed by atoms with Gasteiger partial charge in [-0.3, -0.25) is 9.59 Å². The van der Waals surface area contributed by atoms with Crippen LogP contribution < -0.4 is 20.3 Å². The Morgan fingerprint density at radius 1 is 0.921 bits per heavy atom. The standard InChI is InChI=1S/C28H39N5O5/c1-28(2,3)30-27(36)32-16-14-31(15-17-32)23-10-8-22(9-11-23)29-25(34)20-33(18-19-37-4)26(35)21-6-12-24(38-5)13-7-21/h6-13H,14-20H2,1-5H3,(H,29,34)(H,30,36).